The molecule has 0 bridgehead atoms. The molecule has 0 aromatic carbocycles. The zero-order valence-electron chi connectivity index (χ0n) is 10.4. The number of anilines is 1. The van der Waals surface area contributed by atoms with Crippen molar-refractivity contribution in [2.75, 3.05) is 25.5 Å². The molecule has 6 heteroatoms. The number of rotatable bonds is 4. The molecular weight excluding hydrogens is 232 g/mol. The minimum absolute atomic E-state index is 0.261. The number of primary amides is 1. The molecule has 18 heavy (non-hydrogen) atoms. The van der Waals surface area contributed by atoms with Crippen molar-refractivity contribution in [2.45, 2.75) is 18.9 Å². The minimum atomic E-state index is -0.536. The molecule has 1 atom stereocenters. The first kappa shape index (κ1) is 12.6. The van der Waals surface area contributed by atoms with Crippen LogP contribution in [-0.4, -0.2) is 37.1 Å². The maximum absolute atomic E-state index is 11.5. The highest BCUT2D eigenvalue weighted by atomic mass is 16.5. The fourth-order valence-electron chi connectivity index (χ4n) is 2.13. The van der Waals surface area contributed by atoms with Crippen LogP contribution in [0.25, 0.3) is 0 Å². The lowest BCUT2D eigenvalue weighted by Crippen LogP contribution is -2.39. The van der Waals surface area contributed by atoms with Crippen molar-refractivity contribution >= 4 is 11.7 Å². The van der Waals surface area contributed by atoms with Crippen LogP contribution in [0, 0.1) is 0 Å². The first-order valence-corrected chi connectivity index (χ1v) is 6.02. The van der Waals surface area contributed by atoms with E-state index in [0.29, 0.717) is 17.1 Å². The minimum Gasteiger partial charge on any atom is -0.496 e. The Morgan fingerprint density at radius 1 is 1.67 bits per heavy atom. The van der Waals surface area contributed by atoms with E-state index >= 15 is 0 Å². The van der Waals surface area contributed by atoms with Gasteiger partial charge in [-0.1, -0.05) is 0 Å². The molecule has 2 heterocycles. The Kier molecular flexibility index (Phi) is 3.99. The number of methoxy groups -OCH3 is 1. The molecule has 4 N–H and O–H groups in total. The van der Waals surface area contributed by atoms with E-state index in [1.165, 1.54) is 7.11 Å². The standard InChI is InChI=1S/C12H18N4O2/c1-18-9-4-6-15-12(10(9)11(13)17)16-8-3-2-5-14-7-8/h4,6,8,14H,2-3,5,7H2,1H3,(H2,13,17)(H,15,16). The molecule has 1 saturated heterocycles. The average Bonchev–Trinajstić information content (AvgIpc) is 2.39. The van der Waals surface area contributed by atoms with Crippen LogP contribution in [0.4, 0.5) is 5.82 Å². The van der Waals surface area contributed by atoms with Gasteiger partial charge >= 0.3 is 0 Å². The lowest BCUT2D eigenvalue weighted by molar-refractivity contribution is 0.0998. The van der Waals surface area contributed by atoms with E-state index in [2.05, 4.69) is 15.6 Å². The van der Waals surface area contributed by atoms with Crippen LogP contribution in [0.2, 0.25) is 0 Å². The van der Waals surface area contributed by atoms with Crippen LogP contribution in [0.1, 0.15) is 23.2 Å². The van der Waals surface area contributed by atoms with Crippen LogP contribution >= 0.6 is 0 Å². The van der Waals surface area contributed by atoms with Gasteiger partial charge in [0.25, 0.3) is 5.91 Å². The number of nitrogens with two attached hydrogens (primary N) is 1. The Hall–Kier alpha value is -1.82. The van der Waals surface area contributed by atoms with Gasteiger partial charge in [-0.05, 0) is 25.5 Å². The lowest BCUT2D eigenvalue weighted by atomic mass is 10.1. The maximum atomic E-state index is 11.5. The number of nitrogens with one attached hydrogen (secondary N) is 2. The first-order chi connectivity index (χ1) is 8.72. The number of carbonyl (C=O) groups is 1. The average molecular weight is 250 g/mol. The SMILES string of the molecule is COc1ccnc(NC2CCCNC2)c1C(N)=O. The summed E-state index contributed by atoms with van der Waals surface area (Å²) in [5, 5.41) is 6.55. The van der Waals surface area contributed by atoms with Crippen LogP contribution in [0.5, 0.6) is 5.75 Å². The molecule has 6 nitrogen and oxygen atoms in total. The highest BCUT2D eigenvalue weighted by Crippen LogP contribution is 2.24. The van der Waals surface area contributed by atoms with Crippen molar-refractivity contribution in [3.05, 3.63) is 17.8 Å². The predicted octanol–water partition coefficient (Wildman–Crippen LogP) is 0.353. The third-order valence-corrected chi connectivity index (χ3v) is 3.02. The van der Waals surface area contributed by atoms with Crippen molar-refractivity contribution in [3.63, 3.8) is 0 Å². The number of aromatic nitrogens is 1. The molecule has 98 valence electrons. The number of hydrogen-bond donors (Lipinski definition) is 3. The number of ether oxygens (including phenoxy) is 1. The zero-order valence-corrected chi connectivity index (χ0v) is 10.4. The number of piperidine rings is 1. The van der Waals surface area contributed by atoms with E-state index < -0.39 is 5.91 Å². The monoisotopic (exact) mass is 250 g/mol. The number of carbonyl (C=O) groups excluding carboxylic acids is 1. The second-order valence-corrected chi connectivity index (χ2v) is 4.29. The van der Waals surface area contributed by atoms with E-state index in [9.17, 15) is 4.79 Å². The molecule has 0 spiro atoms. The Bertz CT molecular complexity index is 430. The molecule has 1 amide bonds. The molecule has 1 aliphatic rings. The quantitative estimate of drug-likeness (QED) is 0.717. The fraction of sp³-hybridized carbons (Fsp3) is 0.500. The topological polar surface area (TPSA) is 89.3 Å². The summed E-state index contributed by atoms with van der Waals surface area (Å²) in [5.74, 6) is 0.408. The summed E-state index contributed by atoms with van der Waals surface area (Å²) in [4.78, 5) is 15.7. The summed E-state index contributed by atoms with van der Waals surface area (Å²) in [6, 6.07) is 1.89. The molecule has 1 aliphatic heterocycles. The Balaban J connectivity index is 2.23. The molecule has 0 saturated carbocycles. The van der Waals surface area contributed by atoms with Crippen LogP contribution in [0.3, 0.4) is 0 Å². The lowest BCUT2D eigenvalue weighted by Gasteiger charge is -2.25. The molecular formula is C12H18N4O2. The third kappa shape index (κ3) is 2.70. The smallest absolute Gasteiger partial charge is 0.256 e. The predicted molar refractivity (Wildman–Crippen MR) is 68.8 cm³/mol. The van der Waals surface area contributed by atoms with Gasteiger partial charge in [-0.25, -0.2) is 4.98 Å². The van der Waals surface area contributed by atoms with Gasteiger partial charge in [0, 0.05) is 18.8 Å². The van der Waals surface area contributed by atoms with E-state index in [1.54, 1.807) is 12.3 Å². The van der Waals surface area contributed by atoms with Crippen molar-refractivity contribution in [3.8, 4) is 5.75 Å². The molecule has 0 radical (unpaired) electrons. The van der Waals surface area contributed by atoms with Gasteiger partial charge in [0.1, 0.15) is 17.1 Å². The van der Waals surface area contributed by atoms with Gasteiger partial charge in [0.2, 0.25) is 0 Å². The summed E-state index contributed by atoms with van der Waals surface area (Å²) in [5.41, 5.74) is 5.69. The van der Waals surface area contributed by atoms with Crippen molar-refractivity contribution in [1.82, 2.24) is 10.3 Å². The van der Waals surface area contributed by atoms with Crippen LogP contribution < -0.4 is 21.1 Å². The van der Waals surface area contributed by atoms with E-state index in [-0.39, 0.29) is 6.04 Å². The van der Waals surface area contributed by atoms with E-state index in [0.717, 1.165) is 25.9 Å². The number of pyridine rings is 1. The molecule has 1 unspecified atom stereocenters. The van der Waals surface area contributed by atoms with Gasteiger partial charge in [0.05, 0.1) is 7.11 Å². The Morgan fingerprint density at radius 2 is 2.50 bits per heavy atom. The van der Waals surface area contributed by atoms with Crippen LogP contribution in [-0.2, 0) is 0 Å². The van der Waals surface area contributed by atoms with Crippen molar-refractivity contribution in [2.24, 2.45) is 5.73 Å². The van der Waals surface area contributed by atoms with E-state index in [4.69, 9.17) is 10.5 Å². The molecule has 2 rings (SSSR count). The summed E-state index contributed by atoms with van der Waals surface area (Å²) in [7, 11) is 1.51. The van der Waals surface area contributed by atoms with Gasteiger partial charge in [-0.2, -0.15) is 0 Å². The molecule has 1 aromatic heterocycles. The zero-order chi connectivity index (χ0) is 13.0. The van der Waals surface area contributed by atoms with Crippen molar-refractivity contribution < 1.29 is 9.53 Å². The fourth-order valence-corrected chi connectivity index (χ4v) is 2.13. The molecule has 1 aromatic rings. The number of amides is 1. The van der Waals surface area contributed by atoms with E-state index in [1.807, 2.05) is 0 Å². The van der Waals surface area contributed by atoms with Gasteiger partial charge < -0.3 is 21.1 Å². The highest BCUT2D eigenvalue weighted by molar-refractivity contribution is 6.00. The highest BCUT2D eigenvalue weighted by Gasteiger charge is 2.19. The number of nitrogens with zero attached hydrogens (tertiary/aromatic N) is 1. The summed E-state index contributed by atoms with van der Waals surface area (Å²) >= 11 is 0. The molecule has 0 aliphatic carbocycles. The molecule has 1 fully saturated rings. The second kappa shape index (κ2) is 5.68. The maximum Gasteiger partial charge on any atom is 0.256 e. The number of hydrogen-bond acceptors (Lipinski definition) is 5. The van der Waals surface area contributed by atoms with Gasteiger partial charge in [-0.15, -0.1) is 0 Å². The van der Waals surface area contributed by atoms with Gasteiger partial charge in [-0.3, -0.25) is 4.79 Å². The van der Waals surface area contributed by atoms with Gasteiger partial charge in [0.15, 0.2) is 0 Å². The summed E-state index contributed by atoms with van der Waals surface area (Å²) in [6.45, 7) is 1.89. The largest absolute Gasteiger partial charge is 0.496 e. The Morgan fingerprint density at radius 3 is 3.11 bits per heavy atom. The van der Waals surface area contributed by atoms with Crippen molar-refractivity contribution in [1.29, 1.82) is 0 Å². The summed E-state index contributed by atoms with van der Waals surface area (Å²) in [6.07, 6.45) is 3.75. The normalized spacial score (nSPS) is 19.3. The third-order valence-electron chi connectivity index (χ3n) is 3.02. The summed E-state index contributed by atoms with van der Waals surface area (Å²) < 4.78 is 5.14. The Labute approximate surface area is 106 Å². The van der Waals surface area contributed by atoms with Crippen LogP contribution in [0.15, 0.2) is 12.3 Å². The first-order valence-electron chi connectivity index (χ1n) is 6.02. The second-order valence-electron chi connectivity index (χ2n) is 4.29.